The molecule has 1 aromatic rings. The van der Waals surface area contributed by atoms with E-state index in [2.05, 4.69) is 22.0 Å². The maximum atomic E-state index is 13.6. The third-order valence-electron chi connectivity index (χ3n) is 7.00. The number of guanidine groups is 1. The fourth-order valence-electron chi connectivity index (χ4n) is 4.99. The Morgan fingerprint density at radius 2 is 2.08 bits per heavy atom. The van der Waals surface area contributed by atoms with Crippen molar-refractivity contribution in [2.75, 3.05) is 25.0 Å². The molecule has 4 atom stereocenters. The third kappa shape index (κ3) is 6.67. The van der Waals surface area contributed by atoms with Crippen LogP contribution in [0, 0.1) is 11.8 Å². The molecule has 11 nitrogen and oxygen atoms in total. The summed E-state index contributed by atoms with van der Waals surface area (Å²) in [5.41, 5.74) is 12.2. The summed E-state index contributed by atoms with van der Waals surface area (Å²) in [6.45, 7) is 5.21. The highest BCUT2D eigenvalue weighted by Crippen LogP contribution is 2.32. The summed E-state index contributed by atoms with van der Waals surface area (Å²) in [6, 6.07) is 2.96. The molecule has 2 aliphatic heterocycles. The van der Waals surface area contributed by atoms with Crippen LogP contribution in [0.15, 0.2) is 28.1 Å². The number of likely N-dealkylation sites (tertiary alicyclic amines) is 1. The van der Waals surface area contributed by atoms with Gasteiger partial charge in [-0.1, -0.05) is 32.4 Å². The van der Waals surface area contributed by atoms with Gasteiger partial charge in [0.25, 0.3) is 0 Å². The Kier molecular flexibility index (Phi) is 9.18. The molecule has 0 radical (unpaired) electrons. The van der Waals surface area contributed by atoms with E-state index in [9.17, 15) is 23.1 Å². The number of anilines is 1. The van der Waals surface area contributed by atoms with Crippen molar-refractivity contribution in [3.8, 4) is 0 Å². The molecule has 3 rings (SSSR count). The molecule has 0 spiro atoms. The van der Waals surface area contributed by atoms with Gasteiger partial charge in [-0.2, -0.15) is 4.72 Å². The van der Waals surface area contributed by atoms with Crippen molar-refractivity contribution in [2.45, 2.75) is 69.4 Å². The number of aliphatic imine (C=N–C) groups is 1. The highest BCUT2D eigenvalue weighted by Gasteiger charge is 2.39. The lowest BCUT2D eigenvalue weighted by Gasteiger charge is -2.38. The Bertz CT molecular complexity index is 1090. The minimum atomic E-state index is -4.10. The monoisotopic (exact) mass is 522 g/mol. The highest BCUT2D eigenvalue weighted by molar-refractivity contribution is 7.89. The zero-order valence-corrected chi connectivity index (χ0v) is 21.8. The second-order valence-electron chi connectivity index (χ2n) is 9.79. The van der Waals surface area contributed by atoms with Crippen molar-refractivity contribution >= 4 is 33.5 Å². The molecule has 0 bridgehead atoms. The number of nitrogens with one attached hydrogen (secondary N) is 2. The van der Waals surface area contributed by atoms with Gasteiger partial charge < -0.3 is 26.8 Å². The van der Waals surface area contributed by atoms with Crippen LogP contribution in [0.4, 0.5) is 5.69 Å². The number of benzene rings is 1. The lowest BCUT2D eigenvalue weighted by Crippen LogP contribution is -2.56. The van der Waals surface area contributed by atoms with Crippen LogP contribution in [0.25, 0.3) is 0 Å². The quantitative estimate of drug-likeness (QED) is 0.172. The van der Waals surface area contributed by atoms with Crippen LogP contribution in [-0.4, -0.2) is 68.0 Å². The third-order valence-corrected chi connectivity index (χ3v) is 8.51. The molecule has 200 valence electrons. The molecule has 36 heavy (non-hydrogen) atoms. The van der Waals surface area contributed by atoms with Gasteiger partial charge in [-0.3, -0.25) is 9.79 Å². The average molecular weight is 523 g/mol. The predicted octanol–water partition coefficient (Wildman–Crippen LogP) is 1.09. The molecule has 1 aromatic carbocycles. The summed E-state index contributed by atoms with van der Waals surface area (Å²) < 4.78 is 29.6. The Labute approximate surface area is 212 Å². The number of hydrogen-bond acceptors (Lipinski definition) is 6. The number of hydrogen-bond donors (Lipinski definition) is 5. The van der Waals surface area contributed by atoms with Crippen molar-refractivity contribution in [1.82, 2.24) is 9.62 Å². The summed E-state index contributed by atoms with van der Waals surface area (Å²) in [4.78, 5) is 30.9. The second-order valence-corrected chi connectivity index (χ2v) is 11.5. The molecule has 1 saturated heterocycles. The van der Waals surface area contributed by atoms with Gasteiger partial charge in [0.05, 0.1) is 5.69 Å². The summed E-state index contributed by atoms with van der Waals surface area (Å²) >= 11 is 0. The number of nitrogens with two attached hydrogens (primary N) is 2. The predicted molar refractivity (Wildman–Crippen MR) is 138 cm³/mol. The van der Waals surface area contributed by atoms with E-state index in [1.54, 1.807) is 6.07 Å². The van der Waals surface area contributed by atoms with Gasteiger partial charge in [0.1, 0.15) is 17.0 Å². The van der Waals surface area contributed by atoms with Crippen LogP contribution in [0.1, 0.15) is 51.5 Å². The number of rotatable bonds is 10. The minimum absolute atomic E-state index is 0.0772. The van der Waals surface area contributed by atoms with E-state index in [1.165, 1.54) is 11.0 Å². The Balaban J connectivity index is 1.88. The highest BCUT2D eigenvalue weighted by atomic mass is 32.2. The lowest BCUT2D eigenvalue weighted by atomic mass is 9.88. The fraction of sp³-hybridized carbons (Fsp3) is 0.625. The number of piperidine rings is 1. The molecular formula is C24H38N6O5S. The maximum absolute atomic E-state index is 13.6. The van der Waals surface area contributed by atoms with E-state index in [1.807, 2.05) is 13.0 Å². The molecule has 1 amide bonds. The van der Waals surface area contributed by atoms with E-state index in [4.69, 9.17) is 11.5 Å². The fourth-order valence-corrected chi connectivity index (χ4v) is 6.44. The number of aliphatic carboxylic acids is 1. The van der Waals surface area contributed by atoms with Gasteiger partial charge in [-0.05, 0) is 55.6 Å². The number of amides is 1. The zero-order valence-electron chi connectivity index (χ0n) is 20.9. The topological polar surface area (TPSA) is 180 Å². The standard InChI is InChI=1S/C24H38N6O5S/c1-3-16-9-11-30(19(13-16)23(32)33)22(31)18(7-5-10-27-24(25)26)29-36(34,35)20-8-4-6-17-12-15(2)14-28-21(17)20/h4,6,8,15-16,18-19,28-29H,3,5,7,9-14H2,1-2H3,(H,32,33)(H4,25,26,27)/t15?,16?,18-,19?/m0/s1. The Hall–Kier alpha value is -2.86. The van der Waals surface area contributed by atoms with Gasteiger partial charge >= 0.3 is 5.97 Å². The Morgan fingerprint density at radius 1 is 1.33 bits per heavy atom. The zero-order chi connectivity index (χ0) is 26.5. The van der Waals surface area contributed by atoms with Crippen LogP contribution in [0.5, 0.6) is 0 Å². The van der Waals surface area contributed by atoms with Crippen molar-refractivity contribution in [1.29, 1.82) is 0 Å². The largest absolute Gasteiger partial charge is 0.480 e. The number of nitrogens with zero attached hydrogens (tertiary/aromatic N) is 2. The number of carbonyl (C=O) groups is 2. The first-order valence-electron chi connectivity index (χ1n) is 12.5. The van der Waals surface area contributed by atoms with E-state index in [0.29, 0.717) is 37.4 Å². The first-order valence-corrected chi connectivity index (χ1v) is 14.0. The van der Waals surface area contributed by atoms with Crippen LogP contribution in [0.3, 0.4) is 0 Å². The van der Waals surface area contributed by atoms with E-state index < -0.39 is 34.0 Å². The van der Waals surface area contributed by atoms with Crippen LogP contribution >= 0.6 is 0 Å². The summed E-state index contributed by atoms with van der Waals surface area (Å²) in [5, 5.41) is 13.0. The molecule has 0 saturated carbocycles. The smallest absolute Gasteiger partial charge is 0.326 e. The van der Waals surface area contributed by atoms with Crippen LogP contribution in [-0.2, 0) is 26.0 Å². The van der Waals surface area contributed by atoms with Crippen molar-refractivity contribution < 1.29 is 23.1 Å². The molecule has 2 aliphatic rings. The Morgan fingerprint density at radius 3 is 2.75 bits per heavy atom. The van der Waals surface area contributed by atoms with Gasteiger partial charge in [-0.15, -0.1) is 0 Å². The summed E-state index contributed by atoms with van der Waals surface area (Å²) in [6.07, 6.45) is 3.05. The average Bonchev–Trinajstić information content (AvgIpc) is 2.84. The van der Waals surface area contributed by atoms with Gasteiger partial charge in [0.2, 0.25) is 15.9 Å². The molecule has 0 aliphatic carbocycles. The van der Waals surface area contributed by atoms with Gasteiger partial charge in [-0.25, -0.2) is 13.2 Å². The lowest BCUT2D eigenvalue weighted by molar-refractivity contribution is -0.154. The van der Waals surface area contributed by atoms with Crippen molar-refractivity contribution in [2.24, 2.45) is 28.3 Å². The number of para-hydroxylation sites is 1. The SMILES string of the molecule is CCC1CCN(C(=O)[C@H](CCCN=C(N)N)NS(=O)(=O)c2cccc3c2NCC(C)C3)C(C(=O)O)C1. The number of sulfonamides is 1. The molecular weight excluding hydrogens is 484 g/mol. The van der Waals surface area contributed by atoms with Gasteiger partial charge in [0, 0.05) is 19.6 Å². The number of fused-ring (bicyclic) bond motifs is 1. The van der Waals surface area contributed by atoms with E-state index in [-0.39, 0.29) is 36.3 Å². The molecule has 2 heterocycles. The summed E-state index contributed by atoms with van der Waals surface area (Å²) in [7, 11) is -4.10. The maximum Gasteiger partial charge on any atom is 0.326 e. The van der Waals surface area contributed by atoms with Crippen molar-refractivity contribution in [3.05, 3.63) is 23.8 Å². The molecule has 0 aromatic heterocycles. The van der Waals surface area contributed by atoms with Gasteiger partial charge in [0.15, 0.2) is 5.96 Å². The first-order chi connectivity index (χ1) is 17.0. The van der Waals surface area contributed by atoms with Crippen LogP contribution in [0.2, 0.25) is 0 Å². The second kappa shape index (κ2) is 11.9. The normalized spacial score (nSPS) is 22.7. The molecule has 7 N–H and O–H groups in total. The summed E-state index contributed by atoms with van der Waals surface area (Å²) in [5.74, 6) is -1.15. The minimum Gasteiger partial charge on any atom is -0.480 e. The number of carboxylic acid groups (broad SMARTS) is 1. The first kappa shape index (κ1) is 27.7. The molecule has 12 heteroatoms. The number of carboxylic acids is 1. The molecule has 3 unspecified atom stereocenters. The molecule has 1 fully saturated rings. The van der Waals surface area contributed by atoms with E-state index >= 15 is 0 Å². The van der Waals surface area contributed by atoms with Crippen LogP contribution < -0.4 is 21.5 Å². The van der Waals surface area contributed by atoms with E-state index in [0.717, 1.165) is 18.4 Å². The van der Waals surface area contributed by atoms with Crippen molar-refractivity contribution in [3.63, 3.8) is 0 Å². The number of carbonyl (C=O) groups excluding carboxylic acids is 1.